The van der Waals surface area contributed by atoms with Gasteiger partial charge in [0.15, 0.2) is 0 Å². The van der Waals surface area contributed by atoms with Crippen LogP contribution in [-0.2, 0) is 22.4 Å². The fourth-order valence-electron chi connectivity index (χ4n) is 3.23. The third-order valence-electron chi connectivity index (χ3n) is 5.46. The molecule has 0 atom stereocenters. The molecule has 0 amide bonds. The lowest BCUT2D eigenvalue weighted by Crippen LogP contribution is -2.41. The molecule has 1 aromatic heterocycles. The summed E-state index contributed by atoms with van der Waals surface area (Å²) in [5.74, 6) is 0.971. The zero-order valence-electron chi connectivity index (χ0n) is 14.7. The van der Waals surface area contributed by atoms with Crippen LogP contribution in [0, 0.1) is 0 Å². The molecule has 0 bridgehead atoms. The van der Waals surface area contributed by atoms with Crippen LogP contribution >= 0.6 is 0 Å². The summed E-state index contributed by atoms with van der Waals surface area (Å²) in [5, 5.41) is 0. The second-order valence-electron chi connectivity index (χ2n) is 7.66. The van der Waals surface area contributed by atoms with Crippen molar-refractivity contribution in [1.82, 2.24) is 4.98 Å². The molecule has 1 fully saturated rings. The molecule has 0 aliphatic carbocycles. The Kier molecular flexibility index (Phi) is 3.48. The first-order chi connectivity index (χ1) is 11.4. The summed E-state index contributed by atoms with van der Waals surface area (Å²) in [6.07, 6.45) is 1.85. The third kappa shape index (κ3) is 2.52. The van der Waals surface area contributed by atoms with E-state index >= 15 is 0 Å². The molecule has 0 N–H and O–H groups in total. The van der Waals surface area contributed by atoms with Crippen LogP contribution in [0.4, 0.5) is 5.82 Å². The summed E-state index contributed by atoms with van der Waals surface area (Å²) in [5.41, 5.74) is 3.12. The Hall–Kier alpha value is -1.85. The predicted molar refractivity (Wildman–Crippen MR) is 96.3 cm³/mol. The van der Waals surface area contributed by atoms with E-state index in [9.17, 15) is 0 Å². The zero-order valence-corrected chi connectivity index (χ0v) is 14.7. The van der Waals surface area contributed by atoms with Gasteiger partial charge in [-0.15, -0.1) is 0 Å². The fraction of sp³-hybridized carbons (Fsp3) is 0.421. The summed E-state index contributed by atoms with van der Waals surface area (Å²) >= 11 is 0. The van der Waals surface area contributed by atoms with Crippen molar-refractivity contribution in [1.29, 1.82) is 0 Å². The Morgan fingerprint density at radius 3 is 2.12 bits per heavy atom. The number of nitrogens with zero attached hydrogens (tertiary/aromatic N) is 2. The Labute approximate surface area is 143 Å². The van der Waals surface area contributed by atoms with Gasteiger partial charge in [0.25, 0.3) is 0 Å². The van der Waals surface area contributed by atoms with E-state index in [1.54, 1.807) is 0 Å². The van der Waals surface area contributed by atoms with Gasteiger partial charge in [-0.3, -0.25) is 0 Å². The lowest BCUT2D eigenvalue weighted by Gasteiger charge is -2.32. The maximum absolute atomic E-state index is 6.16. The van der Waals surface area contributed by atoms with Crippen molar-refractivity contribution in [3.05, 3.63) is 53.7 Å². The van der Waals surface area contributed by atoms with Gasteiger partial charge in [0.05, 0.1) is 11.2 Å². The standard InChI is InChI=1S/C19H23BN2O2/c1-18(2)19(3,4)24-20(23-18)16-9-10-21-17(11-16)22-12-14-7-5-6-8-15(14)13-22/h5-11H,12-13H2,1-4H3. The SMILES string of the molecule is CC1(C)OB(c2ccnc(N3Cc4ccccc4C3)c2)OC1(C)C. The summed E-state index contributed by atoms with van der Waals surface area (Å²) < 4.78 is 12.3. The van der Waals surface area contributed by atoms with Gasteiger partial charge in [0, 0.05) is 19.3 Å². The van der Waals surface area contributed by atoms with Crippen molar-refractivity contribution in [2.24, 2.45) is 0 Å². The topological polar surface area (TPSA) is 34.6 Å². The van der Waals surface area contributed by atoms with E-state index in [1.165, 1.54) is 11.1 Å². The van der Waals surface area contributed by atoms with Gasteiger partial charge in [0.2, 0.25) is 0 Å². The van der Waals surface area contributed by atoms with Crippen molar-refractivity contribution in [2.45, 2.75) is 52.0 Å². The maximum Gasteiger partial charge on any atom is 0.495 e. The van der Waals surface area contributed by atoms with Crippen molar-refractivity contribution in [3.8, 4) is 0 Å². The monoisotopic (exact) mass is 322 g/mol. The van der Waals surface area contributed by atoms with Gasteiger partial charge in [-0.1, -0.05) is 24.3 Å². The predicted octanol–water partition coefficient (Wildman–Crippen LogP) is 2.90. The van der Waals surface area contributed by atoms with Crippen LogP contribution in [-0.4, -0.2) is 23.3 Å². The van der Waals surface area contributed by atoms with Crippen LogP contribution in [0.5, 0.6) is 0 Å². The second-order valence-corrected chi connectivity index (χ2v) is 7.66. The number of fused-ring (bicyclic) bond motifs is 1. The van der Waals surface area contributed by atoms with Gasteiger partial charge in [-0.05, 0) is 56.4 Å². The molecule has 0 saturated carbocycles. The molecule has 2 aliphatic rings. The Balaban J connectivity index is 1.58. The minimum atomic E-state index is -0.346. The number of pyridine rings is 1. The van der Waals surface area contributed by atoms with Crippen molar-refractivity contribution in [2.75, 3.05) is 4.90 Å². The second kappa shape index (κ2) is 5.33. The number of hydrogen-bond acceptors (Lipinski definition) is 4. The molecule has 5 heteroatoms. The largest absolute Gasteiger partial charge is 0.495 e. The zero-order chi connectivity index (χ0) is 16.9. The number of hydrogen-bond donors (Lipinski definition) is 0. The normalized spacial score (nSPS) is 21.2. The molecule has 2 aliphatic heterocycles. The molecule has 24 heavy (non-hydrogen) atoms. The molecular weight excluding hydrogens is 299 g/mol. The van der Waals surface area contributed by atoms with Crippen LogP contribution in [0.25, 0.3) is 0 Å². The quantitative estimate of drug-likeness (QED) is 0.797. The highest BCUT2D eigenvalue weighted by Crippen LogP contribution is 2.36. The van der Waals surface area contributed by atoms with E-state index < -0.39 is 0 Å². The molecule has 3 heterocycles. The van der Waals surface area contributed by atoms with Gasteiger partial charge >= 0.3 is 7.12 Å². The first-order valence-corrected chi connectivity index (χ1v) is 8.49. The Morgan fingerprint density at radius 2 is 1.54 bits per heavy atom. The number of rotatable bonds is 2. The highest BCUT2D eigenvalue weighted by molar-refractivity contribution is 6.62. The van der Waals surface area contributed by atoms with Gasteiger partial charge in [0.1, 0.15) is 5.82 Å². The molecule has 1 aromatic carbocycles. The maximum atomic E-state index is 6.16. The van der Waals surface area contributed by atoms with Gasteiger partial charge < -0.3 is 14.2 Å². The average molecular weight is 322 g/mol. The Morgan fingerprint density at radius 1 is 0.958 bits per heavy atom. The van der Waals surface area contributed by atoms with Gasteiger partial charge in [-0.2, -0.15) is 0 Å². The highest BCUT2D eigenvalue weighted by atomic mass is 16.7. The minimum absolute atomic E-state index is 0.328. The summed E-state index contributed by atoms with van der Waals surface area (Å²) in [4.78, 5) is 6.85. The first-order valence-electron chi connectivity index (χ1n) is 8.49. The molecule has 124 valence electrons. The van der Waals surface area contributed by atoms with E-state index in [4.69, 9.17) is 9.31 Å². The highest BCUT2D eigenvalue weighted by Gasteiger charge is 2.51. The smallest absolute Gasteiger partial charge is 0.399 e. The van der Waals surface area contributed by atoms with E-state index in [2.05, 4.69) is 67.9 Å². The van der Waals surface area contributed by atoms with Crippen LogP contribution in [0.3, 0.4) is 0 Å². The number of aromatic nitrogens is 1. The van der Waals surface area contributed by atoms with Crippen LogP contribution in [0.15, 0.2) is 42.6 Å². The average Bonchev–Trinajstić information content (AvgIpc) is 3.06. The molecular formula is C19H23BN2O2. The summed E-state index contributed by atoms with van der Waals surface area (Å²) in [6.45, 7) is 10.1. The fourth-order valence-corrected chi connectivity index (χ4v) is 3.23. The van der Waals surface area contributed by atoms with E-state index in [0.29, 0.717) is 0 Å². The van der Waals surface area contributed by atoms with Crippen molar-refractivity contribution in [3.63, 3.8) is 0 Å². The number of anilines is 1. The van der Waals surface area contributed by atoms with Crippen LogP contribution < -0.4 is 10.4 Å². The Bertz CT molecular complexity index is 734. The first kappa shape index (κ1) is 15.7. The van der Waals surface area contributed by atoms with Crippen LogP contribution in [0.2, 0.25) is 0 Å². The van der Waals surface area contributed by atoms with Crippen molar-refractivity contribution < 1.29 is 9.31 Å². The van der Waals surface area contributed by atoms with E-state index in [0.717, 1.165) is 24.4 Å². The molecule has 0 unspecified atom stereocenters. The van der Waals surface area contributed by atoms with E-state index in [-0.39, 0.29) is 18.3 Å². The number of benzene rings is 1. The minimum Gasteiger partial charge on any atom is -0.399 e. The molecule has 2 aromatic rings. The lowest BCUT2D eigenvalue weighted by atomic mass is 9.79. The van der Waals surface area contributed by atoms with Gasteiger partial charge in [-0.25, -0.2) is 4.98 Å². The van der Waals surface area contributed by atoms with Crippen molar-refractivity contribution >= 4 is 18.4 Å². The molecule has 0 radical (unpaired) electrons. The third-order valence-corrected chi connectivity index (χ3v) is 5.46. The lowest BCUT2D eigenvalue weighted by molar-refractivity contribution is 0.00578. The van der Waals surface area contributed by atoms with Crippen LogP contribution in [0.1, 0.15) is 38.8 Å². The molecule has 1 saturated heterocycles. The molecule has 0 spiro atoms. The molecule has 4 rings (SSSR count). The summed E-state index contributed by atoms with van der Waals surface area (Å²) in [6, 6.07) is 12.6. The summed E-state index contributed by atoms with van der Waals surface area (Å²) in [7, 11) is -0.346. The molecule has 4 nitrogen and oxygen atoms in total. The van der Waals surface area contributed by atoms with E-state index in [1.807, 2.05) is 12.3 Å².